The summed E-state index contributed by atoms with van der Waals surface area (Å²) in [6, 6.07) is 5.82. The maximum Gasteiger partial charge on any atom is 0.265 e. The van der Waals surface area contributed by atoms with Gasteiger partial charge in [-0.3, -0.25) is 9.78 Å². The van der Waals surface area contributed by atoms with Crippen molar-refractivity contribution < 1.29 is 19.0 Å². The van der Waals surface area contributed by atoms with Crippen LogP contribution >= 0.6 is 11.3 Å². The third-order valence-corrected chi connectivity index (χ3v) is 4.63. The Morgan fingerprint density at radius 3 is 3.04 bits per heavy atom. The van der Waals surface area contributed by atoms with Crippen molar-refractivity contribution in [1.29, 1.82) is 0 Å². The van der Waals surface area contributed by atoms with Crippen molar-refractivity contribution >= 4 is 17.2 Å². The molecule has 2 heterocycles. The van der Waals surface area contributed by atoms with Crippen LogP contribution in [0.5, 0.6) is 5.75 Å². The van der Waals surface area contributed by atoms with Crippen LogP contribution in [0.2, 0.25) is 0 Å². The smallest absolute Gasteiger partial charge is 0.265 e. The molecular formula is C16H17FN2O3S. The standard InChI is InChI=1S/C16H17FN2O3S/c1-16(21)9-19(15(20)13-8-18-10-23-13)6-5-14(16)22-12-4-2-3-11(17)7-12/h2-4,7-8,10,14,21H,5-6,9H2,1H3/t14-,16-/m0/s1. The zero-order chi connectivity index (χ0) is 16.4. The molecule has 0 unspecified atom stereocenters. The highest BCUT2D eigenvalue weighted by molar-refractivity contribution is 7.11. The summed E-state index contributed by atoms with van der Waals surface area (Å²) in [4.78, 5) is 18.4. The first-order valence-corrected chi connectivity index (χ1v) is 8.16. The Labute approximate surface area is 137 Å². The van der Waals surface area contributed by atoms with Crippen molar-refractivity contribution in [2.75, 3.05) is 13.1 Å². The Morgan fingerprint density at radius 1 is 1.57 bits per heavy atom. The number of aromatic nitrogens is 1. The Morgan fingerprint density at radius 2 is 2.39 bits per heavy atom. The number of β-amino-alcohol motifs (C(OH)–C–C–N with tert-alkyl or cyclic N) is 1. The zero-order valence-electron chi connectivity index (χ0n) is 12.6. The highest BCUT2D eigenvalue weighted by atomic mass is 32.1. The van der Waals surface area contributed by atoms with E-state index in [1.165, 1.54) is 29.7 Å². The maximum absolute atomic E-state index is 13.2. The van der Waals surface area contributed by atoms with Gasteiger partial charge in [0.1, 0.15) is 28.1 Å². The van der Waals surface area contributed by atoms with Crippen LogP contribution in [0, 0.1) is 5.82 Å². The van der Waals surface area contributed by atoms with Crippen molar-refractivity contribution in [3.8, 4) is 5.75 Å². The number of ether oxygens (including phenoxy) is 1. The summed E-state index contributed by atoms with van der Waals surface area (Å²) < 4.78 is 19.0. The van der Waals surface area contributed by atoms with E-state index in [1.807, 2.05) is 0 Å². The molecule has 0 spiro atoms. The quantitative estimate of drug-likeness (QED) is 0.934. The number of halogens is 1. The lowest BCUT2D eigenvalue weighted by atomic mass is 9.91. The molecule has 1 aliphatic heterocycles. The van der Waals surface area contributed by atoms with Gasteiger partial charge in [0.15, 0.2) is 0 Å². The van der Waals surface area contributed by atoms with Gasteiger partial charge >= 0.3 is 0 Å². The molecule has 1 aromatic carbocycles. The van der Waals surface area contributed by atoms with E-state index < -0.39 is 11.7 Å². The number of hydrogen-bond donors (Lipinski definition) is 1. The molecule has 1 saturated heterocycles. The van der Waals surface area contributed by atoms with Crippen molar-refractivity contribution in [3.05, 3.63) is 46.7 Å². The van der Waals surface area contributed by atoms with Gasteiger partial charge in [-0.05, 0) is 19.1 Å². The molecule has 1 amide bonds. The largest absolute Gasteiger partial charge is 0.487 e. The number of carbonyl (C=O) groups excluding carboxylic acids is 1. The van der Waals surface area contributed by atoms with Crippen LogP contribution in [0.3, 0.4) is 0 Å². The normalized spacial score (nSPS) is 24.5. The molecular weight excluding hydrogens is 319 g/mol. The molecule has 122 valence electrons. The van der Waals surface area contributed by atoms with Crippen molar-refractivity contribution in [2.24, 2.45) is 0 Å². The monoisotopic (exact) mass is 336 g/mol. The van der Waals surface area contributed by atoms with Crippen LogP contribution in [-0.2, 0) is 0 Å². The topological polar surface area (TPSA) is 62.7 Å². The summed E-state index contributed by atoms with van der Waals surface area (Å²) in [5.41, 5.74) is 0.385. The van der Waals surface area contributed by atoms with Gasteiger partial charge in [0, 0.05) is 19.0 Å². The summed E-state index contributed by atoms with van der Waals surface area (Å²) in [5.74, 6) is -0.158. The average molecular weight is 336 g/mol. The molecule has 23 heavy (non-hydrogen) atoms. The number of piperidine rings is 1. The number of carbonyl (C=O) groups is 1. The lowest BCUT2D eigenvalue weighted by Crippen LogP contribution is -2.58. The SMILES string of the molecule is C[C@]1(O)CN(C(=O)c2cncs2)CC[C@@H]1Oc1cccc(F)c1. The molecule has 0 aliphatic carbocycles. The molecule has 3 rings (SSSR count). The molecule has 2 atom stereocenters. The maximum atomic E-state index is 13.2. The lowest BCUT2D eigenvalue weighted by Gasteiger charge is -2.42. The summed E-state index contributed by atoms with van der Waals surface area (Å²) in [6.45, 7) is 2.25. The second-order valence-electron chi connectivity index (χ2n) is 5.80. The first-order valence-electron chi connectivity index (χ1n) is 7.28. The fourth-order valence-electron chi connectivity index (χ4n) is 2.69. The van der Waals surface area contributed by atoms with Gasteiger partial charge < -0.3 is 14.7 Å². The molecule has 7 heteroatoms. The predicted molar refractivity (Wildman–Crippen MR) is 84.1 cm³/mol. The van der Waals surface area contributed by atoms with Gasteiger partial charge in [0.2, 0.25) is 0 Å². The van der Waals surface area contributed by atoms with Crippen LogP contribution in [0.4, 0.5) is 4.39 Å². The number of aliphatic hydroxyl groups is 1. The Balaban J connectivity index is 1.69. The van der Waals surface area contributed by atoms with Crippen LogP contribution in [0.15, 0.2) is 36.0 Å². The number of amides is 1. The van der Waals surface area contributed by atoms with E-state index in [1.54, 1.807) is 29.5 Å². The number of nitrogens with zero attached hydrogens (tertiary/aromatic N) is 2. The van der Waals surface area contributed by atoms with Gasteiger partial charge in [-0.2, -0.15) is 0 Å². The van der Waals surface area contributed by atoms with E-state index in [2.05, 4.69) is 4.98 Å². The van der Waals surface area contributed by atoms with Crippen LogP contribution < -0.4 is 4.74 Å². The first kappa shape index (κ1) is 15.9. The molecule has 2 aromatic rings. The second kappa shape index (κ2) is 6.25. The van der Waals surface area contributed by atoms with E-state index in [4.69, 9.17) is 4.74 Å². The van der Waals surface area contributed by atoms with Gasteiger partial charge in [-0.25, -0.2) is 4.39 Å². The minimum Gasteiger partial charge on any atom is -0.487 e. The molecule has 1 fully saturated rings. The van der Waals surface area contributed by atoms with Gasteiger partial charge in [0.25, 0.3) is 5.91 Å². The number of rotatable bonds is 3. The highest BCUT2D eigenvalue weighted by Crippen LogP contribution is 2.28. The minimum absolute atomic E-state index is 0.142. The van der Waals surface area contributed by atoms with E-state index in [9.17, 15) is 14.3 Å². The van der Waals surface area contributed by atoms with Crippen LogP contribution in [-0.4, -0.2) is 45.7 Å². The van der Waals surface area contributed by atoms with Gasteiger partial charge in [-0.1, -0.05) is 6.07 Å². The Bertz CT molecular complexity index is 690. The molecule has 0 bridgehead atoms. The number of thiazole rings is 1. The third-order valence-electron chi connectivity index (χ3n) is 3.87. The Hall–Kier alpha value is -1.99. The average Bonchev–Trinajstić information content (AvgIpc) is 3.02. The highest BCUT2D eigenvalue weighted by Gasteiger charge is 2.41. The zero-order valence-corrected chi connectivity index (χ0v) is 13.4. The van der Waals surface area contributed by atoms with E-state index in [0.29, 0.717) is 23.6 Å². The summed E-state index contributed by atoms with van der Waals surface area (Å²) in [7, 11) is 0. The molecule has 1 N–H and O–H groups in total. The number of likely N-dealkylation sites (tertiary alicyclic amines) is 1. The van der Waals surface area contributed by atoms with Crippen LogP contribution in [0.25, 0.3) is 0 Å². The van der Waals surface area contributed by atoms with Gasteiger partial charge in [-0.15, -0.1) is 11.3 Å². The number of benzene rings is 1. The third kappa shape index (κ3) is 3.51. The molecule has 5 nitrogen and oxygen atoms in total. The molecule has 1 aromatic heterocycles. The number of hydrogen-bond acceptors (Lipinski definition) is 5. The summed E-state index contributed by atoms with van der Waals surface area (Å²) >= 11 is 1.27. The van der Waals surface area contributed by atoms with Crippen molar-refractivity contribution in [2.45, 2.75) is 25.0 Å². The van der Waals surface area contributed by atoms with E-state index in [0.717, 1.165) is 0 Å². The Kier molecular flexibility index (Phi) is 4.32. The molecule has 0 saturated carbocycles. The van der Waals surface area contributed by atoms with Crippen molar-refractivity contribution in [1.82, 2.24) is 9.88 Å². The second-order valence-corrected chi connectivity index (χ2v) is 6.69. The van der Waals surface area contributed by atoms with Gasteiger partial charge in [0.05, 0.1) is 18.3 Å². The first-order chi connectivity index (χ1) is 11.0. The van der Waals surface area contributed by atoms with Crippen molar-refractivity contribution in [3.63, 3.8) is 0 Å². The van der Waals surface area contributed by atoms with Crippen LogP contribution in [0.1, 0.15) is 23.0 Å². The van der Waals surface area contributed by atoms with E-state index in [-0.39, 0.29) is 18.3 Å². The lowest BCUT2D eigenvalue weighted by molar-refractivity contribution is -0.0899. The molecule has 0 radical (unpaired) electrons. The van der Waals surface area contributed by atoms with E-state index >= 15 is 0 Å². The minimum atomic E-state index is -1.22. The fraction of sp³-hybridized carbons (Fsp3) is 0.375. The fourth-order valence-corrected chi connectivity index (χ4v) is 3.28. The predicted octanol–water partition coefficient (Wildman–Crippen LogP) is 2.33. The summed E-state index contributed by atoms with van der Waals surface area (Å²) in [5, 5.41) is 10.7. The summed E-state index contributed by atoms with van der Waals surface area (Å²) in [6.07, 6.45) is 1.49. The molecule has 1 aliphatic rings.